The lowest BCUT2D eigenvalue weighted by molar-refractivity contribution is -0.158. The second-order valence-corrected chi connectivity index (χ2v) is 15.9. The summed E-state index contributed by atoms with van der Waals surface area (Å²) in [6.45, 7) is 6.52. The van der Waals surface area contributed by atoms with E-state index in [1.54, 1.807) is 75.4 Å². The van der Waals surface area contributed by atoms with Crippen molar-refractivity contribution in [2.75, 3.05) is 19.7 Å². The molecular weight excluding hydrogens is 743 g/mol. The van der Waals surface area contributed by atoms with Gasteiger partial charge in [-0.3, -0.25) is 24.0 Å². The molecule has 1 heterocycles. The fourth-order valence-electron chi connectivity index (χ4n) is 6.57. The Bertz CT molecular complexity index is 1600. The SMILES string of the molecule is C1CCCCC1.CCCC(NC(=O)C1Cc2cccc(c2)OCCCCCCC(=O)NCC(=O)N1)C(O)C(=O)NCC(=O)NC(C(=O)OC(C)(C)C)c1ccccc1. The van der Waals surface area contributed by atoms with Crippen molar-refractivity contribution in [3.8, 4) is 5.75 Å². The Morgan fingerprint density at radius 3 is 2.17 bits per heavy atom. The molecule has 1 aliphatic carbocycles. The molecule has 2 bridgehead atoms. The van der Waals surface area contributed by atoms with Gasteiger partial charge in [-0.25, -0.2) is 4.79 Å². The minimum Gasteiger partial charge on any atom is -0.494 e. The van der Waals surface area contributed by atoms with E-state index in [1.807, 2.05) is 6.92 Å². The molecule has 1 fully saturated rings. The van der Waals surface area contributed by atoms with E-state index in [-0.39, 0.29) is 31.7 Å². The molecule has 1 aliphatic heterocycles. The van der Waals surface area contributed by atoms with Crippen molar-refractivity contribution >= 4 is 35.5 Å². The van der Waals surface area contributed by atoms with Gasteiger partial charge in [0.2, 0.25) is 23.6 Å². The maximum atomic E-state index is 13.7. The molecule has 0 aromatic heterocycles. The van der Waals surface area contributed by atoms with Crippen LogP contribution in [0.3, 0.4) is 0 Å². The zero-order valence-corrected chi connectivity index (χ0v) is 34.7. The molecular formula is C44H65N5O9. The number of aliphatic hydroxyl groups is 1. The van der Waals surface area contributed by atoms with E-state index in [0.29, 0.717) is 36.3 Å². The van der Waals surface area contributed by atoms with Crippen molar-refractivity contribution < 1.29 is 43.3 Å². The number of esters is 1. The summed E-state index contributed by atoms with van der Waals surface area (Å²) in [5.74, 6) is -3.21. The van der Waals surface area contributed by atoms with Gasteiger partial charge in [-0.05, 0) is 63.3 Å². The highest BCUT2D eigenvalue weighted by atomic mass is 16.6. The van der Waals surface area contributed by atoms with E-state index in [1.165, 1.54) is 38.5 Å². The predicted octanol–water partition coefficient (Wildman–Crippen LogP) is 4.47. The van der Waals surface area contributed by atoms with E-state index >= 15 is 0 Å². The normalized spacial score (nSPS) is 18.4. The first-order chi connectivity index (χ1) is 27.8. The van der Waals surface area contributed by atoms with Crippen LogP contribution >= 0.6 is 0 Å². The van der Waals surface area contributed by atoms with Crippen molar-refractivity contribution in [1.29, 1.82) is 0 Å². The van der Waals surface area contributed by atoms with Crippen molar-refractivity contribution in [1.82, 2.24) is 26.6 Å². The highest BCUT2D eigenvalue weighted by Crippen LogP contribution is 2.20. The third-order valence-corrected chi connectivity index (χ3v) is 9.58. The second-order valence-electron chi connectivity index (χ2n) is 15.9. The summed E-state index contributed by atoms with van der Waals surface area (Å²) < 4.78 is 11.4. The monoisotopic (exact) mass is 807 g/mol. The van der Waals surface area contributed by atoms with E-state index in [0.717, 1.165) is 19.3 Å². The van der Waals surface area contributed by atoms with Gasteiger partial charge >= 0.3 is 5.97 Å². The van der Waals surface area contributed by atoms with Crippen LogP contribution in [-0.2, 0) is 39.9 Å². The zero-order valence-electron chi connectivity index (χ0n) is 34.7. The number of hydrogen-bond donors (Lipinski definition) is 6. The third-order valence-electron chi connectivity index (χ3n) is 9.58. The smallest absolute Gasteiger partial charge is 0.333 e. The molecule has 0 saturated heterocycles. The molecule has 14 heteroatoms. The first-order valence-corrected chi connectivity index (χ1v) is 20.9. The summed E-state index contributed by atoms with van der Waals surface area (Å²) in [5.41, 5.74) is 0.367. The molecule has 4 unspecified atom stereocenters. The lowest BCUT2D eigenvalue weighted by Crippen LogP contribution is -2.57. The van der Waals surface area contributed by atoms with Gasteiger partial charge in [-0.15, -0.1) is 0 Å². The molecule has 1 saturated carbocycles. The van der Waals surface area contributed by atoms with Crippen LogP contribution in [0.2, 0.25) is 0 Å². The summed E-state index contributed by atoms with van der Waals surface area (Å²) in [6.07, 6.45) is 11.5. The van der Waals surface area contributed by atoms with Crippen LogP contribution in [-0.4, -0.2) is 84.1 Å². The number of benzene rings is 2. The molecule has 4 atom stereocenters. The summed E-state index contributed by atoms with van der Waals surface area (Å²) in [4.78, 5) is 77.8. The number of amides is 5. The molecule has 4 rings (SSSR count). The summed E-state index contributed by atoms with van der Waals surface area (Å²) >= 11 is 0. The maximum absolute atomic E-state index is 13.7. The Labute approximate surface area is 343 Å². The van der Waals surface area contributed by atoms with E-state index in [9.17, 15) is 33.9 Å². The average Bonchev–Trinajstić information content (AvgIpc) is 3.20. The van der Waals surface area contributed by atoms with Gasteiger partial charge in [-0.1, -0.05) is 107 Å². The van der Waals surface area contributed by atoms with E-state index in [4.69, 9.17) is 9.47 Å². The Morgan fingerprint density at radius 1 is 0.862 bits per heavy atom. The van der Waals surface area contributed by atoms with Gasteiger partial charge in [0, 0.05) is 12.8 Å². The number of aliphatic hydroxyl groups excluding tert-OH is 1. The van der Waals surface area contributed by atoms with Crippen molar-refractivity contribution in [3.05, 3.63) is 65.7 Å². The fourth-order valence-corrected chi connectivity index (χ4v) is 6.57. The van der Waals surface area contributed by atoms with Crippen LogP contribution in [0.15, 0.2) is 54.6 Å². The Morgan fingerprint density at radius 2 is 1.52 bits per heavy atom. The van der Waals surface area contributed by atoms with Gasteiger partial charge in [0.25, 0.3) is 5.91 Å². The molecule has 0 radical (unpaired) electrons. The Hall–Kier alpha value is -4.98. The van der Waals surface area contributed by atoms with Crippen LogP contribution in [0.4, 0.5) is 0 Å². The van der Waals surface area contributed by atoms with Crippen LogP contribution in [0.25, 0.3) is 0 Å². The number of carbonyl (C=O) groups excluding carboxylic acids is 6. The quantitative estimate of drug-likeness (QED) is 0.177. The van der Waals surface area contributed by atoms with Crippen molar-refractivity contribution in [2.45, 2.75) is 147 Å². The Balaban J connectivity index is 0.00000137. The minimum atomic E-state index is -1.76. The lowest BCUT2D eigenvalue weighted by atomic mass is 10.0. The lowest BCUT2D eigenvalue weighted by Gasteiger charge is -2.27. The number of ether oxygens (including phenoxy) is 2. The van der Waals surface area contributed by atoms with Crippen LogP contribution < -0.4 is 31.3 Å². The number of fused-ring (bicyclic) bond motifs is 2. The third kappa shape index (κ3) is 18.5. The van der Waals surface area contributed by atoms with Crippen molar-refractivity contribution in [3.63, 3.8) is 0 Å². The predicted molar refractivity (Wildman–Crippen MR) is 220 cm³/mol. The minimum absolute atomic E-state index is 0.0598. The first kappa shape index (κ1) is 47.4. The number of nitrogens with one attached hydrogen (secondary N) is 5. The summed E-state index contributed by atoms with van der Waals surface area (Å²) in [5, 5.41) is 24.0. The molecule has 5 amide bonds. The number of rotatable bonds is 11. The molecule has 320 valence electrons. The standard InChI is InChI=1S/C38H53N5O9.C6H12/c1-5-14-28(34(47)36(49)40-24-32(46)43-33(26-16-9-8-10-17-26)37(50)52-38(2,3)4)42-35(48)29-22-25-15-13-18-27(21-25)51-20-12-7-6-11-19-30(44)39-23-31(45)41-29;1-2-4-6-5-3-1/h8-10,13,15-18,21,28-29,33-34,47H,5-7,11-12,14,19-20,22-24H2,1-4H3,(H,39,44)(H,40,49)(H,41,45)(H,42,48)(H,43,46);1-6H2. The molecule has 2 aromatic rings. The number of hydrogen-bond acceptors (Lipinski definition) is 9. The molecule has 2 aliphatic rings. The van der Waals surface area contributed by atoms with Gasteiger partial charge in [0.15, 0.2) is 12.1 Å². The van der Waals surface area contributed by atoms with Gasteiger partial charge in [0.05, 0.1) is 25.7 Å². The first-order valence-electron chi connectivity index (χ1n) is 20.9. The second kappa shape index (κ2) is 25.4. The van der Waals surface area contributed by atoms with Crippen LogP contribution in [0.5, 0.6) is 5.75 Å². The van der Waals surface area contributed by atoms with Crippen LogP contribution in [0, 0.1) is 0 Å². The fraction of sp³-hybridized carbons (Fsp3) is 0.591. The van der Waals surface area contributed by atoms with Crippen molar-refractivity contribution in [2.24, 2.45) is 0 Å². The highest BCUT2D eigenvalue weighted by Gasteiger charge is 2.32. The number of carbonyl (C=O) groups is 6. The maximum Gasteiger partial charge on any atom is 0.333 e. The molecule has 6 N–H and O–H groups in total. The summed E-state index contributed by atoms with van der Waals surface area (Å²) in [6, 6.07) is 12.3. The Kier molecular flexibility index (Phi) is 20.8. The van der Waals surface area contributed by atoms with Gasteiger partial charge < -0.3 is 41.2 Å². The van der Waals surface area contributed by atoms with E-state index < -0.39 is 66.0 Å². The van der Waals surface area contributed by atoms with Gasteiger partial charge in [-0.2, -0.15) is 0 Å². The molecule has 2 aromatic carbocycles. The molecule has 58 heavy (non-hydrogen) atoms. The highest BCUT2D eigenvalue weighted by molar-refractivity contribution is 5.92. The average molecular weight is 808 g/mol. The zero-order chi connectivity index (χ0) is 42.3. The molecule has 0 spiro atoms. The topological polar surface area (TPSA) is 201 Å². The van der Waals surface area contributed by atoms with Crippen LogP contribution in [0.1, 0.15) is 128 Å². The van der Waals surface area contributed by atoms with E-state index in [2.05, 4.69) is 26.6 Å². The molecule has 14 nitrogen and oxygen atoms in total. The summed E-state index contributed by atoms with van der Waals surface area (Å²) in [7, 11) is 0. The van der Waals surface area contributed by atoms with Gasteiger partial charge in [0.1, 0.15) is 17.4 Å². The largest absolute Gasteiger partial charge is 0.494 e.